The molecule has 3 fully saturated rings. The van der Waals surface area contributed by atoms with Gasteiger partial charge in [0.2, 0.25) is 5.91 Å². The SMILES string of the molecule is O=C1N(CCN2CCOCC2)CCC12CCN(c1nccc3[nH]ncc13)C2.O=CO.O=CO. The molecule has 0 radical (unpaired) electrons. The molecule has 1 spiro atoms. The third-order valence-corrected chi connectivity index (χ3v) is 6.39. The highest BCUT2D eigenvalue weighted by Crippen LogP contribution is 2.42. The van der Waals surface area contributed by atoms with Crippen LogP contribution in [0.3, 0.4) is 0 Å². The van der Waals surface area contributed by atoms with Gasteiger partial charge in [-0.05, 0) is 18.9 Å². The van der Waals surface area contributed by atoms with Crippen LogP contribution in [0.2, 0.25) is 0 Å². The number of aromatic amines is 1. The Bertz CT molecular complexity index is 927. The quantitative estimate of drug-likeness (QED) is 0.534. The molecule has 0 aliphatic carbocycles. The standard InChI is InChI=1S/C19H26N6O2.2CH2O2/c26-18-19(2-5-24(18)8-7-23-9-11-27-12-10-23)3-6-25(14-19)17-15-13-21-22-16(15)1-4-20-17;2*2-1-3/h1,4,13H,2-3,5-12,14H2,(H,21,22);2*1H,(H,2,3). The number of ether oxygens (including phenoxy) is 1. The molecule has 1 unspecified atom stereocenters. The monoisotopic (exact) mass is 462 g/mol. The minimum Gasteiger partial charge on any atom is -0.483 e. The van der Waals surface area contributed by atoms with Crippen LogP contribution in [0.4, 0.5) is 5.82 Å². The van der Waals surface area contributed by atoms with Crippen molar-refractivity contribution in [2.24, 2.45) is 5.41 Å². The zero-order valence-electron chi connectivity index (χ0n) is 18.4. The molecule has 33 heavy (non-hydrogen) atoms. The number of anilines is 1. The van der Waals surface area contributed by atoms with Crippen molar-refractivity contribution in [1.82, 2.24) is 25.0 Å². The fraction of sp³-hybridized carbons (Fsp3) is 0.571. The molecule has 2 aromatic heterocycles. The van der Waals surface area contributed by atoms with Crippen molar-refractivity contribution in [3.05, 3.63) is 18.5 Å². The van der Waals surface area contributed by atoms with Crippen LogP contribution in [0.1, 0.15) is 12.8 Å². The summed E-state index contributed by atoms with van der Waals surface area (Å²) in [5.41, 5.74) is 0.754. The van der Waals surface area contributed by atoms with Gasteiger partial charge in [-0.2, -0.15) is 5.10 Å². The van der Waals surface area contributed by atoms with Crippen molar-refractivity contribution in [3.63, 3.8) is 0 Å². The van der Waals surface area contributed by atoms with Gasteiger partial charge in [-0.25, -0.2) is 4.98 Å². The van der Waals surface area contributed by atoms with Crippen LogP contribution in [-0.4, -0.2) is 113 Å². The molecule has 12 nitrogen and oxygen atoms in total. The second-order valence-corrected chi connectivity index (χ2v) is 8.12. The number of carbonyl (C=O) groups excluding carboxylic acids is 1. The maximum atomic E-state index is 13.2. The summed E-state index contributed by atoms with van der Waals surface area (Å²) in [6.45, 7) is 7.35. The third kappa shape index (κ3) is 5.57. The smallest absolute Gasteiger partial charge is 0.290 e. The van der Waals surface area contributed by atoms with Gasteiger partial charge in [0.1, 0.15) is 5.82 Å². The summed E-state index contributed by atoms with van der Waals surface area (Å²) in [6, 6.07) is 1.94. The number of rotatable bonds is 4. The van der Waals surface area contributed by atoms with Crippen LogP contribution in [0.15, 0.2) is 18.5 Å². The number of nitrogens with zero attached hydrogens (tertiary/aromatic N) is 5. The summed E-state index contributed by atoms with van der Waals surface area (Å²) in [4.78, 5) is 41.2. The fourth-order valence-corrected chi connectivity index (χ4v) is 4.73. The van der Waals surface area contributed by atoms with Crippen molar-refractivity contribution >= 4 is 35.6 Å². The Labute approximate surface area is 191 Å². The summed E-state index contributed by atoms with van der Waals surface area (Å²) >= 11 is 0. The molecule has 0 saturated carbocycles. The molecular weight excluding hydrogens is 432 g/mol. The minimum absolute atomic E-state index is 0.238. The Morgan fingerprint density at radius 2 is 1.79 bits per heavy atom. The first-order valence-corrected chi connectivity index (χ1v) is 10.9. The number of hydrogen-bond acceptors (Lipinski definition) is 8. The van der Waals surface area contributed by atoms with E-state index >= 15 is 0 Å². The maximum absolute atomic E-state index is 13.2. The van der Waals surface area contributed by atoms with Crippen molar-refractivity contribution in [3.8, 4) is 0 Å². The van der Waals surface area contributed by atoms with E-state index in [1.807, 2.05) is 18.5 Å². The summed E-state index contributed by atoms with van der Waals surface area (Å²) in [7, 11) is 0. The molecular formula is C21H30N6O6. The van der Waals surface area contributed by atoms with E-state index in [-0.39, 0.29) is 18.4 Å². The number of carboxylic acid groups (broad SMARTS) is 2. The first-order chi connectivity index (χ1) is 16.1. The maximum Gasteiger partial charge on any atom is 0.290 e. The third-order valence-electron chi connectivity index (χ3n) is 6.39. The first kappa shape index (κ1) is 24.4. The minimum atomic E-state index is -0.250. The van der Waals surface area contributed by atoms with E-state index in [0.29, 0.717) is 5.91 Å². The number of pyridine rings is 1. The lowest BCUT2D eigenvalue weighted by molar-refractivity contribution is -0.135. The molecule has 3 aliphatic heterocycles. The van der Waals surface area contributed by atoms with Crippen LogP contribution in [0.25, 0.3) is 10.9 Å². The zero-order chi connectivity index (χ0) is 23.7. The molecule has 0 aromatic carbocycles. The van der Waals surface area contributed by atoms with Crippen LogP contribution >= 0.6 is 0 Å². The van der Waals surface area contributed by atoms with Crippen LogP contribution in [0.5, 0.6) is 0 Å². The van der Waals surface area contributed by atoms with Crippen molar-refractivity contribution in [2.75, 3.05) is 63.9 Å². The average Bonchev–Trinajstić information content (AvgIpc) is 3.55. The first-order valence-electron chi connectivity index (χ1n) is 10.9. The normalized spacial score (nSPS) is 22.6. The van der Waals surface area contributed by atoms with Crippen LogP contribution in [-0.2, 0) is 19.1 Å². The number of aromatic nitrogens is 3. The van der Waals surface area contributed by atoms with Gasteiger partial charge in [0, 0.05) is 52.0 Å². The molecule has 5 heterocycles. The Hall–Kier alpha value is -3.25. The predicted molar refractivity (Wildman–Crippen MR) is 119 cm³/mol. The van der Waals surface area contributed by atoms with E-state index in [4.69, 9.17) is 24.5 Å². The van der Waals surface area contributed by atoms with Gasteiger partial charge in [-0.15, -0.1) is 0 Å². The highest BCUT2D eigenvalue weighted by atomic mass is 16.5. The molecule has 3 aliphatic rings. The molecule has 3 saturated heterocycles. The molecule has 3 N–H and O–H groups in total. The number of carbonyl (C=O) groups is 3. The number of nitrogens with one attached hydrogen (secondary N) is 1. The number of likely N-dealkylation sites (tertiary alicyclic amines) is 1. The van der Waals surface area contributed by atoms with Gasteiger partial charge < -0.3 is 24.7 Å². The van der Waals surface area contributed by atoms with E-state index in [2.05, 4.69) is 29.9 Å². The Kier molecular flexibility index (Phi) is 8.55. The summed E-state index contributed by atoms with van der Waals surface area (Å²) in [5.74, 6) is 1.27. The fourth-order valence-electron chi connectivity index (χ4n) is 4.73. The summed E-state index contributed by atoms with van der Waals surface area (Å²) in [5, 5.41) is 21.9. The predicted octanol–water partition coefficient (Wildman–Crippen LogP) is 0.121. The lowest BCUT2D eigenvalue weighted by Crippen LogP contribution is -2.43. The van der Waals surface area contributed by atoms with Gasteiger partial charge in [0.05, 0.1) is 35.7 Å². The summed E-state index contributed by atoms with van der Waals surface area (Å²) < 4.78 is 5.41. The van der Waals surface area contributed by atoms with Crippen LogP contribution in [0, 0.1) is 5.41 Å². The van der Waals surface area contributed by atoms with E-state index in [1.54, 1.807) is 0 Å². The Balaban J connectivity index is 0.000000464. The van der Waals surface area contributed by atoms with Gasteiger partial charge in [0.25, 0.3) is 12.9 Å². The molecule has 1 atom stereocenters. The summed E-state index contributed by atoms with van der Waals surface area (Å²) in [6.07, 6.45) is 5.50. The lowest BCUT2D eigenvalue weighted by atomic mass is 9.85. The number of morpholine rings is 1. The average molecular weight is 463 g/mol. The second kappa shape index (κ2) is 11.6. The molecule has 12 heteroatoms. The number of fused-ring (bicyclic) bond motifs is 1. The van der Waals surface area contributed by atoms with E-state index in [1.165, 1.54) is 0 Å². The van der Waals surface area contributed by atoms with E-state index in [9.17, 15) is 4.79 Å². The van der Waals surface area contributed by atoms with Crippen molar-refractivity contribution in [2.45, 2.75) is 12.8 Å². The number of H-pyrrole nitrogens is 1. The van der Waals surface area contributed by atoms with E-state index in [0.717, 1.165) is 88.6 Å². The Morgan fingerprint density at radius 3 is 2.52 bits per heavy atom. The Morgan fingerprint density at radius 1 is 1.09 bits per heavy atom. The van der Waals surface area contributed by atoms with Gasteiger partial charge in [-0.1, -0.05) is 0 Å². The molecule has 1 amide bonds. The van der Waals surface area contributed by atoms with Gasteiger partial charge in [0.15, 0.2) is 0 Å². The molecule has 0 bridgehead atoms. The second-order valence-electron chi connectivity index (χ2n) is 8.12. The molecule has 5 rings (SSSR count). The highest BCUT2D eigenvalue weighted by molar-refractivity contribution is 5.91. The molecule has 2 aromatic rings. The van der Waals surface area contributed by atoms with Gasteiger partial charge in [-0.3, -0.25) is 24.4 Å². The zero-order valence-corrected chi connectivity index (χ0v) is 18.4. The van der Waals surface area contributed by atoms with E-state index < -0.39 is 0 Å². The highest BCUT2D eigenvalue weighted by Gasteiger charge is 2.51. The largest absolute Gasteiger partial charge is 0.483 e. The lowest BCUT2D eigenvalue weighted by Gasteiger charge is -2.29. The van der Waals surface area contributed by atoms with Crippen LogP contribution < -0.4 is 4.90 Å². The number of hydrogen-bond donors (Lipinski definition) is 3. The molecule has 180 valence electrons. The number of amides is 1. The van der Waals surface area contributed by atoms with Gasteiger partial charge >= 0.3 is 0 Å². The topological polar surface area (TPSA) is 152 Å². The van der Waals surface area contributed by atoms with Crippen molar-refractivity contribution < 1.29 is 29.3 Å². The van der Waals surface area contributed by atoms with Crippen molar-refractivity contribution in [1.29, 1.82) is 0 Å².